The molecule has 0 bridgehead atoms. The van der Waals surface area contributed by atoms with E-state index in [4.69, 9.17) is 5.11 Å². The van der Waals surface area contributed by atoms with Gasteiger partial charge in [-0.3, -0.25) is 4.79 Å². The molecule has 0 aromatic carbocycles. The van der Waals surface area contributed by atoms with Crippen molar-refractivity contribution in [3.05, 3.63) is 0 Å². The molecule has 0 unspecified atom stereocenters. The van der Waals surface area contributed by atoms with E-state index >= 15 is 0 Å². The lowest BCUT2D eigenvalue weighted by molar-refractivity contribution is -0.165. The molecule has 0 aliphatic heterocycles. The van der Waals surface area contributed by atoms with Gasteiger partial charge in [-0.05, 0) is 6.42 Å². The maximum atomic E-state index is 11.0. The number of ether oxygens (including phenoxy) is 1. The van der Waals surface area contributed by atoms with Gasteiger partial charge in [-0.25, -0.2) is 4.79 Å². The fraction of sp³-hybridized carbons (Fsp3) is 0.714. The average molecular weight is 191 g/mol. The lowest BCUT2D eigenvalue weighted by atomic mass is 10.3. The maximum absolute atomic E-state index is 11.0. The number of carbonyl (C=O) groups excluding carboxylic acids is 2. The van der Waals surface area contributed by atoms with E-state index in [0.717, 1.165) is 12.2 Å². The molecular formula is C7H13NO5. The molecule has 0 heterocycles. The van der Waals surface area contributed by atoms with Crippen LogP contribution in [0.15, 0.2) is 0 Å². The molecule has 0 saturated carbocycles. The second kappa shape index (κ2) is 6.24. The van der Waals surface area contributed by atoms with Gasteiger partial charge in [0, 0.05) is 20.1 Å². The highest BCUT2D eigenvalue weighted by atomic mass is 16.8. The first-order valence-electron chi connectivity index (χ1n) is 3.75. The molecule has 0 aromatic heterocycles. The Kier molecular flexibility index (Phi) is 5.62. The van der Waals surface area contributed by atoms with Crippen LogP contribution in [-0.2, 0) is 14.4 Å². The minimum atomic E-state index is -0.945. The molecule has 0 spiro atoms. The predicted octanol–water partition coefficient (Wildman–Crippen LogP) is -0.0847. The minimum Gasteiger partial charge on any atom is -0.436 e. The maximum Gasteiger partial charge on any atom is 0.533 e. The van der Waals surface area contributed by atoms with E-state index in [9.17, 15) is 9.59 Å². The predicted molar refractivity (Wildman–Crippen MR) is 42.6 cm³/mol. The molecule has 13 heavy (non-hydrogen) atoms. The lowest BCUT2D eigenvalue weighted by Crippen LogP contribution is -2.29. The van der Waals surface area contributed by atoms with Crippen molar-refractivity contribution in [1.29, 1.82) is 0 Å². The van der Waals surface area contributed by atoms with E-state index in [0.29, 0.717) is 6.42 Å². The van der Waals surface area contributed by atoms with Crippen LogP contribution in [0, 0.1) is 0 Å². The average Bonchev–Trinajstić information content (AvgIpc) is 2.13. The van der Waals surface area contributed by atoms with Crippen molar-refractivity contribution in [3.8, 4) is 0 Å². The molecule has 0 atom stereocenters. The number of hydrogen-bond donors (Lipinski definition) is 1. The van der Waals surface area contributed by atoms with Crippen LogP contribution in [0.3, 0.4) is 0 Å². The molecule has 0 aromatic rings. The Morgan fingerprint density at radius 1 is 1.46 bits per heavy atom. The Morgan fingerprint density at radius 3 is 2.54 bits per heavy atom. The summed E-state index contributed by atoms with van der Waals surface area (Å²) < 4.78 is 4.17. The van der Waals surface area contributed by atoms with Crippen LogP contribution in [-0.4, -0.2) is 43.0 Å². The van der Waals surface area contributed by atoms with E-state index in [-0.39, 0.29) is 18.9 Å². The quantitative estimate of drug-likeness (QED) is 0.498. The van der Waals surface area contributed by atoms with Gasteiger partial charge in [-0.2, -0.15) is 5.06 Å². The van der Waals surface area contributed by atoms with Gasteiger partial charge in [0.15, 0.2) is 0 Å². The molecule has 1 N–H and O–H groups in total. The van der Waals surface area contributed by atoms with Crippen molar-refractivity contribution in [2.24, 2.45) is 0 Å². The number of amides is 1. The van der Waals surface area contributed by atoms with Gasteiger partial charge in [-0.15, -0.1) is 0 Å². The largest absolute Gasteiger partial charge is 0.533 e. The summed E-state index contributed by atoms with van der Waals surface area (Å²) in [6.45, 7) is -0.0716. The van der Waals surface area contributed by atoms with Crippen molar-refractivity contribution >= 4 is 12.1 Å². The van der Waals surface area contributed by atoms with Gasteiger partial charge in [0.05, 0.1) is 7.11 Å². The number of hydroxylamine groups is 2. The second-order valence-electron chi connectivity index (χ2n) is 2.26. The van der Waals surface area contributed by atoms with E-state index in [1.807, 2.05) is 0 Å². The van der Waals surface area contributed by atoms with Crippen LogP contribution < -0.4 is 0 Å². The summed E-state index contributed by atoms with van der Waals surface area (Å²) in [4.78, 5) is 25.9. The first-order valence-corrected chi connectivity index (χ1v) is 3.75. The first-order chi connectivity index (χ1) is 6.11. The standard InChI is InChI=1S/C7H13NO5/c1-8(13-7(11)12-2)6(10)4-3-5-9/h9H,3-5H2,1-2H3. The summed E-state index contributed by atoms with van der Waals surface area (Å²) in [5.41, 5.74) is 0. The molecule has 0 aliphatic carbocycles. The fourth-order valence-corrected chi connectivity index (χ4v) is 0.588. The van der Waals surface area contributed by atoms with E-state index in [1.165, 1.54) is 7.05 Å². The Hall–Kier alpha value is -1.30. The van der Waals surface area contributed by atoms with Crippen LogP contribution in [0.25, 0.3) is 0 Å². The van der Waals surface area contributed by atoms with Gasteiger partial charge < -0.3 is 14.7 Å². The van der Waals surface area contributed by atoms with Crippen LogP contribution in [0.5, 0.6) is 0 Å². The summed E-state index contributed by atoms with van der Waals surface area (Å²) in [6.07, 6.45) is -0.475. The summed E-state index contributed by atoms with van der Waals surface area (Å²) in [6, 6.07) is 0. The molecule has 0 radical (unpaired) electrons. The van der Waals surface area contributed by atoms with Crippen LogP contribution in [0.1, 0.15) is 12.8 Å². The zero-order chi connectivity index (χ0) is 10.3. The molecule has 6 nitrogen and oxygen atoms in total. The van der Waals surface area contributed by atoms with E-state index < -0.39 is 6.16 Å². The van der Waals surface area contributed by atoms with Gasteiger partial charge in [0.1, 0.15) is 0 Å². The van der Waals surface area contributed by atoms with Gasteiger partial charge in [0.25, 0.3) is 5.91 Å². The Labute approximate surface area is 76.0 Å². The van der Waals surface area contributed by atoms with Crippen molar-refractivity contribution in [2.45, 2.75) is 12.8 Å². The number of aliphatic hydroxyl groups is 1. The normalized spacial score (nSPS) is 9.15. The highest BCUT2D eigenvalue weighted by Crippen LogP contribution is 1.96. The van der Waals surface area contributed by atoms with Crippen LogP contribution in [0.4, 0.5) is 4.79 Å². The number of hydrogen-bond acceptors (Lipinski definition) is 5. The molecule has 0 rings (SSSR count). The number of carbonyl (C=O) groups is 2. The van der Waals surface area contributed by atoms with Crippen LogP contribution in [0.2, 0.25) is 0 Å². The monoisotopic (exact) mass is 191 g/mol. The molecule has 0 saturated heterocycles. The zero-order valence-electron chi connectivity index (χ0n) is 7.65. The van der Waals surface area contributed by atoms with Crippen molar-refractivity contribution in [2.75, 3.05) is 20.8 Å². The number of methoxy groups -OCH3 is 1. The third-order valence-electron chi connectivity index (χ3n) is 1.28. The van der Waals surface area contributed by atoms with Gasteiger partial charge in [0.2, 0.25) is 0 Å². The van der Waals surface area contributed by atoms with Crippen LogP contribution >= 0.6 is 0 Å². The number of nitrogens with zero attached hydrogens (tertiary/aromatic N) is 1. The minimum absolute atomic E-state index is 0.0716. The lowest BCUT2D eigenvalue weighted by Gasteiger charge is -2.14. The SMILES string of the molecule is COC(=O)ON(C)C(=O)CCCO. The molecular weight excluding hydrogens is 178 g/mol. The third-order valence-corrected chi connectivity index (χ3v) is 1.28. The topological polar surface area (TPSA) is 76.1 Å². The van der Waals surface area contributed by atoms with Crippen molar-refractivity contribution < 1.29 is 24.3 Å². The van der Waals surface area contributed by atoms with Crippen molar-refractivity contribution in [3.63, 3.8) is 0 Å². The summed E-state index contributed by atoms with van der Waals surface area (Å²) in [7, 11) is 2.45. The Morgan fingerprint density at radius 2 is 2.08 bits per heavy atom. The third kappa shape index (κ3) is 5.02. The number of rotatable bonds is 3. The smallest absolute Gasteiger partial charge is 0.436 e. The molecule has 0 aliphatic rings. The summed E-state index contributed by atoms with van der Waals surface area (Å²) in [5.74, 6) is -0.389. The second-order valence-corrected chi connectivity index (χ2v) is 2.26. The van der Waals surface area contributed by atoms with E-state index in [2.05, 4.69) is 9.57 Å². The Balaban J connectivity index is 3.75. The summed E-state index contributed by atoms with van der Waals surface area (Å²) >= 11 is 0. The summed E-state index contributed by atoms with van der Waals surface area (Å²) in [5, 5.41) is 9.20. The Bertz CT molecular complexity index is 182. The molecule has 76 valence electrons. The highest BCUT2D eigenvalue weighted by Gasteiger charge is 2.13. The van der Waals surface area contributed by atoms with Gasteiger partial charge in [-0.1, -0.05) is 0 Å². The highest BCUT2D eigenvalue weighted by molar-refractivity contribution is 5.76. The number of aliphatic hydroxyl groups excluding tert-OH is 1. The molecule has 1 amide bonds. The fourth-order valence-electron chi connectivity index (χ4n) is 0.588. The first kappa shape index (κ1) is 11.7. The van der Waals surface area contributed by atoms with Crippen molar-refractivity contribution in [1.82, 2.24) is 5.06 Å². The molecule has 0 fully saturated rings. The zero-order valence-corrected chi connectivity index (χ0v) is 7.65. The van der Waals surface area contributed by atoms with E-state index in [1.54, 1.807) is 0 Å². The molecule has 6 heteroatoms. The van der Waals surface area contributed by atoms with Gasteiger partial charge >= 0.3 is 6.16 Å².